The summed E-state index contributed by atoms with van der Waals surface area (Å²) in [7, 11) is 0. The fourth-order valence-electron chi connectivity index (χ4n) is 3.29. The number of hydrogen-bond acceptors (Lipinski definition) is 4. The topological polar surface area (TPSA) is 76.5 Å². The van der Waals surface area contributed by atoms with Gasteiger partial charge < -0.3 is 15.0 Å². The Balaban J connectivity index is 1.61. The molecule has 2 amide bonds. The van der Waals surface area contributed by atoms with Gasteiger partial charge in [0.05, 0.1) is 12.3 Å². The van der Waals surface area contributed by atoms with Gasteiger partial charge in [-0.1, -0.05) is 12.1 Å². The lowest BCUT2D eigenvalue weighted by atomic mass is 10.1. The minimum atomic E-state index is -0.283. The van der Waals surface area contributed by atoms with Crippen molar-refractivity contribution >= 4 is 12.0 Å². The average Bonchev–Trinajstić information content (AvgIpc) is 3.04. The Morgan fingerprint density at radius 1 is 1.22 bits per heavy atom. The fourth-order valence-corrected chi connectivity index (χ4v) is 3.29. The zero-order valence-electron chi connectivity index (χ0n) is 16.1. The summed E-state index contributed by atoms with van der Waals surface area (Å²) in [5, 5.41) is 7.51. The predicted octanol–water partition coefficient (Wildman–Crippen LogP) is 2.84. The SMILES string of the molecule is CCOC(=O)N1CCC(NC(=O)c2cc(C)n(-c3cccc(C)c3)n2)CC1. The van der Waals surface area contributed by atoms with Crippen LogP contribution in [0.15, 0.2) is 30.3 Å². The molecule has 144 valence electrons. The molecular weight excluding hydrogens is 344 g/mol. The van der Waals surface area contributed by atoms with Crippen LogP contribution < -0.4 is 5.32 Å². The van der Waals surface area contributed by atoms with Crippen molar-refractivity contribution in [3.05, 3.63) is 47.3 Å². The molecule has 1 aromatic carbocycles. The molecule has 1 aliphatic heterocycles. The molecule has 0 aliphatic carbocycles. The van der Waals surface area contributed by atoms with Gasteiger partial charge in [-0.15, -0.1) is 0 Å². The molecule has 0 unspecified atom stereocenters. The van der Waals surface area contributed by atoms with Gasteiger partial charge in [-0.2, -0.15) is 5.10 Å². The first kappa shape index (κ1) is 18.9. The summed E-state index contributed by atoms with van der Waals surface area (Å²) in [5.74, 6) is -0.181. The largest absolute Gasteiger partial charge is 0.450 e. The normalized spacial score (nSPS) is 14.9. The van der Waals surface area contributed by atoms with Crippen molar-refractivity contribution in [1.82, 2.24) is 20.0 Å². The van der Waals surface area contributed by atoms with Gasteiger partial charge >= 0.3 is 6.09 Å². The highest BCUT2D eigenvalue weighted by molar-refractivity contribution is 5.92. The summed E-state index contributed by atoms with van der Waals surface area (Å²) in [5.41, 5.74) is 3.39. The number of aromatic nitrogens is 2. The first-order valence-electron chi connectivity index (χ1n) is 9.34. The van der Waals surface area contributed by atoms with E-state index in [1.165, 1.54) is 0 Å². The molecule has 0 saturated carbocycles. The molecular formula is C20H26N4O3. The Labute approximate surface area is 159 Å². The number of rotatable bonds is 4. The van der Waals surface area contributed by atoms with Crippen LogP contribution >= 0.6 is 0 Å². The van der Waals surface area contributed by atoms with Crippen LogP contribution in [0.3, 0.4) is 0 Å². The first-order chi connectivity index (χ1) is 13.0. The number of carbonyl (C=O) groups is 2. The minimum absolute atomic E-state index is 0.0348. The Kier molecular flexibility index (Phi) is 5.78. The molecule has 27 heavy (non-hydrogen) atoms. The third kappa shape index (κ3) is 4.48. The highest BCUT2D eigenvalue weighted by atomic mass is 16.6. The Morgan fingerprint density at radius 2 is 1.96 bits per heavy atom. The molecule has 0 atom stereocenters. The van der Waals surface area contributed by atoms with E-state index in [4.69, 9.17) is 4.74 Å². The number of piperidine rings is 1. The van der Waals surface area contributed by atoms with Gasteiger partial charge in [0.15, 0.2) is 5.69 Å². The molecule has 1 aromatic heterocycles. The van der Waals surface area contributed by atoms with E-state index in [1.54, 1.807) is 22.6 Å². The molecule has 1 aliphatic rings. The smallest absolute Gasteiger partial charge is 0.409 e. The van der Waals surface area contributed by atoms with Crippen molar-refractivity contribution in [3.8, 4) is 5.69 Å². The van der Waals surface area contributed by atoms with Crippen molar-refractivity contribution in [2.24, 2.45) is 0 Å². The second kappa shape index (κ2) is 8.24. The molecule has 2 aromatic rings. The van der Waals surface area contributed by atoms with Crippen molar-refractivity contribution in [2.75, 3.05) is 19.7 Å². The summed E-state index contributed by atoms with van der Waals surface area (Å²) in [6.45, 7) is 7.30. The number of benzene rings is 1. The molecule has 0 spiro atoms. The molecule has 7 heteroatoms. The maximum atomic E-state index is 12.6. The highest BCUT2D eigenvalue weighted by Crippen LogP contribution is 2.15. The third-order valence-electron chi connectivity index (χ3n) is 4.72. The van der Waals surface area contributed by atoms with E-state index in [-0.39, 0.29) is 18.0 Å². The van der Waals surface area contributed by atoms with Crippen LogP contribution in [0.1, 0.15) is 41.5 Å². The fraction of sp³-hybridized carbons (Fsp3) is 0.450. The molecule has 2 heterocycles. The summed E-state index contributed by atoms with van der Waals surface area (Å²) >= 11 is 0. The molecule has 7 nitrogen and oxygen atoms in total. The van der Waals surface area contributed by atoms with Gasteiger partial charge in [0, 0.05) is 24.8 Å². The number of carbonyl (C=O) groups excluding carboxylic acids is 2. The quantitative estimate of drug-likeness (QED) is 0.898. The maximum absolute atomic E-state index is 12.6. The van der Waals surface area contributed by atoms with Gasteiger partial charge in [-0.25, -0.2) is 9.48 Å². The van der Waals surface area contributed by atoms with Crippen LogP contribution in [0, 0.1) is 13.8 Å². The third-order valence-corrected chi connectivity index (χ3v) is 4.72. The lowest BCUT2D eigenvalue weighted by Crippen LogP contribution is -2.46. The van der Waals surface area contributed by atoms with Crippen LogP contribution in [0.5, 0.6) is 0 Å². The number of amides is 2. The van der Waals surface area contributed by atoms with Gasteiger partial charge in [-0.3, -0.25) is 4.79 Å². The lowest BCUT2D eigenvalue weighted by molar-refractivity contribution is 0.0856. The number of nitrogens with zero attached hydrogens (tertiary/aromatic N) is 3. The minimum Gasteiger partial charge on any atom is -0.450 e. The van der Waals surface area contributed by atoms with Gasteiger partial charge in [0.2, 0.25) is 0 Å². The van der Waals surface area contributed by atoms with E-state index in [1.807, 2.05) is 38.1 Å². The highest BCUT2D eigenvalue weighted by Gasteiger charge is 2.25. The van der Waals surface area contributed by atoms with Crippen molar-refractivity contribution < 1.29 is 14.3 Å². The van der Waals surface area contributed by atoms with Gasteiger partial charge in [0.1, 0.15) is 0 Å². The van der Waals surface area contributed by atoms with Crippen molar-refractivity contribution in [3.63, 3.8) is 0 Å². The molecule has 0 bridgehead atoms. The first-order valence-corrected chi connectivity index (χ1v) is 9.34. The molecule has 3 rings (SSSR count). The van der Waals surface area contributed by atoms with E-state index in [0.717, 1.165) is 16.9 Å². The lowest BCUT2D eigenvalue weighted by Gasteiger charge is -2.31. The average molecular weight is 370 g/mol. The van der Waals surface area contributed by atoms with E-state index in [0.29, 0.717) is 38.2 Å². The van der Waals surface area contributed by atoms with Crippen LogP contribution in [-0.2, 0) is 4.74 Å². The van der Waals surface area contributed by atoms with Crippen molar-refractivity contribution in [2.45, 2.75) is 39.7 Å². The number of ether oxygens (including phenoxy) is 1. The standard InChI is InChI=1S/C20H26N4O3/c1-4-27-20(26)23-10-8-16(9-11-23)21-19(25)18-13-15(3)24(22-18)17-7-5-6-14(2)12-17/h5-7,12-13,16H,4,8-11H2,1-3H3,(H,21,25). The zero-order chi connectivity index (χ0) is 19.4. The van der Waals surface area contributed by atoms with Gasteiger partial charge in [0.25, 0.3) is 5.91 Å². The van der Waals surface area contributed by atoms with E-state index in [2.05, 4.69) is 10.4 Å². The monoisotopic (exact) mass is 370 g/mol. The van der Waals surface area contributed by atoms with E-state index < -0.39 is 0 Å². The second-order valence-electron chi connectivity index (χ2n) is 6.86. The Hall–Kier alpha value is -2.83. The van der Waals surface area contributed by atoms with Crippen LogP contribution in [0.2, 0.25) is 0 Å². The summed E-state index contributed by atoms with van der Waals surface area (Å²) in [6.07, 6.45) is 1.14. The van der Waals surface area contributed by atoms with Gasteiger partial charge in [-0.05, 0) is 57.4 Å². The Bertz CT molecular complexity index is 822. The number of nitrogens with one attached hydrogen (secondary N) is 1. The van der Waals surface area contributed by atoms with E-state index >= 15 is 0 Å². The summed E-state index contributed by atoms with van der Waals surface area (Å²) < 4.78 is 6.80. The van der Waals surface area contributed by atoms with E-state index in [9.17, 15) is 9.59 Å². The summed E-state index contributed by atoms with van der Waals surface area (Å²) in [6, 6.07) is 9.84. The van der Waals surface area contributed by atoms with Crippen LogP contribution in [-0.4, -0.2) is 52.4 Å². The number of likely N-dealkylation sites (tertiary alicyclic amines) is 1. The van der Waals surface area contributed by atoms with Crippen molar-refractivity contribution in [1.29, 1.82) is 0 Å². The zero-order valence-corrected chi connectivity index (χ0v) is 16.1. The summed E-state index contributed by atoms with van der Waals surface area (Å²) in [4.78, 5) is 26.0. The second-order valence-corrected chi connectivity index (χ2v) is 6.86. The molecule has 1 N–H and O–H groups in total. The Morgan fingerprint density at radius 3 is 2.63 bits per heavy atom. The van der Waals surface area contributed by atoms with Crippen LogP contribution in [0.4, 0.5) is 4.79 Å². The molecule has 1 saturated heterocycles. The van der Waals surface area contributed by atoms with Crippen LogP contribution in [0.25, 0.3) is 5.69 Å². The predicted molar refractivity (Wildman–Crippen MR) is 102 cm³/mol. The number of hydrogen-bond donors (Lipinski definition) is 1. The molecule has 1 fully saturated rings. The maximum Gasteiger partial charge on any atom is 0.409 e. The number of aryl methyl sites for hydroxylation is 2. The molecule has 0 radical (unpaired) electrons.